The number of imidazole rings is 1. The van der Waals surface area contributed by atoms with Crippen molar-refractivity contribution >= 4 is 56.2 Å². The van der Waals surface area contributed by atoms with Crippen molar-refractivity contribution in [3.05, 3.63) is 60.7 Å². The molecule has 2 N–H and O–H groups in total. The summed E-state index contributed by atoms with van der Waals surface area (Å²) in [7, 11) is 0. The molecule has 32 heavy (non-hydrogen) atoms. The molecule has 0 aliphatic carbocycles. The van der Waals surface area contributed by atoms with E-state index in [1.54, 1.807) is 0 Å². The fourth-order valence-corrected chi connectivity index (χ4v) is 4.78. The molecule has 0 radical (unpaired) electrons. The van der Waals surface area contributed by atoms with E-state index in [0.717, 1.165) is 34.4 Å². The van der Waals surface area contributed by atoms with Crippen LogP contribution in [0, 0.1) is 0 Å². The average molecular weight is 445 g/mol. The number of hydrogen-bond acceptors (Lipinski definition) is 4. The molecule has 5 rings (SSSR count). The van der Waals surface area contributed by atoms with E-state index in [-0.39, 0.29) is 11.7 Å². The van der Waals surface area contributed by atoms with Gasteiger partial charge >= 0.3 is 0 Å². The van der Waals surface area contributed by atoms with E-state index in [4.69, 9.17) is 4.74 Å². The number of fused-ring (bicyclic) bond motifs is 4. The Morgan fingerprint density at radius 2 is 1.91 bits per heavy atom. The predicted molar refractivity (Wildman–Crippen MR) is 132 cm³/mol. The molecule has 1 amide bonds. The van der Waals surface area contributed by atoms with E-state index in [2.05, 4.69) is 57.1 Å². The topological polar surface area (TPSA) is 71.9 Å². The van der Waals surface area contributed by atoms with Gasteiger partial charge in [-0.15, -0.1) is 0 Å². The SMILES string of the molecule is CCOc1ccc2nc(SCC(=O)Nc3ccc4c(c3)c3ccccc3n4CC)[nH]c2c1. The van der Waals surface area contributed by atoms with Gasteiger partial charge in [-0.2, -0.15) is 0 Å². The minimum atomic E-state index is -0.0657. The van der Waals surface area contributed by atoms with Crippen LogP contribution in [-0.4, -0.2) is 32.8 Å². The van der Waals surface area contributed by atoms with Gasteiger partial charge in [-0.25, -0.2) is 4.98 Å². The highest BCUT2D eigenvalue weighted by atomic mass is 32.2. The molecule has 0 atom stereocenters. The first-order chi connectivity index (χ1) is 15.7. The summed E-state index contributed by atoms with van der Waals surface area (Å²) in [5.41, 5.74) is 4.94. The van der Waals surface area contributed by atoms with E-state index >= 15 is 0 Å². The molecule has 0 bridgehead atoms. The van der Waals surface area contributed by atoms with Crippen LogP contribution in [0.5, 0.6) is 5.75 Å². The van der Waals surface area contributed by atoms with Crippen LogP contribution in [0.25, 0.3) is 32.8 Å². The number of aryl methyl sites for hydroxylation is 1. The van der Waals surface area contributed by atoms with Gasteiger partial charge in [-0.1, -0.05) is 30.0 Å². The number of anilines is 1. The van der Waals surface area contributed by atoms with Gasteiger partial charge in [-0.3, -0.25) is 4.79 Å². The zero-order valence-corrected chi connectivity index (χ0v) is 18.8. The molecule has 162 valence electrons. The van der Waals surface area contributed by atoms with Crippen molar-refractivity contribution in [2.75, 3.05) is 17.7 Å². The Hall–Kier alpha value is -3.45. The third kappa shape index (κ3) is 3.80. The molecular formula is C25H24N4O2S. The highest BCUT2D eigenvalue weighted by molar-refractivity contribution is 7.99. The molecule has 2 heterocycles. The molecule has 0 saturated heterocycles. The van der Waals surface area contributed by atoms with E-state index in [1.807, 2.05) is 37.3 Å². The first kappa shape index (κ1) is 20.5. The number of benzene rings is 3. The van der Waals surface area contributed by atoms with Crippen LogP contribution in [0.15, 0.2) is 65.8 Å². The Balaban J connectivity index is 1.31. The Bertz CT molecular complexity index is 1440. The molecule has 6 nitrogen and oxygen atoms in total. The van der Waals surface area contributed by atoms with Gasteiger partial charge in [0.15, 0.2) is 5.16 Å². The number of hydrogen-bond donors (Lipinski definition) is 2. The number of thioether (sulfide) groups is 1. The number of carbonyl (C=O) groups is 1. The molecule has 0 aliphatic rings. The van der Waals surface area contributed by atoms with Crippen LogP contribution in [0.4, 0.5) is 5.69 Å². The highest BCUT2D eigenvalue weighted by Gasteiger charge is 2.12. The minimum absolute atomic E-state index is 0.0657. The van der Waals surface area contributed by atoms with Crippen molar-refractivity contribution < 1.29 is 9.53 Å². The number of nitrogens with zero attached hydrogens (tertiary/aromatic N) is 2. The van der Waals surface area contributed by atoms with E-state index in [9.17, 15) is 4.79 Å². The van der Waals surface area contributed by atoms with Crippen LogP contribution < -0.4 is 10.1 Å². The summed E-state index contributed by atoms with van der Waals surface area (Å²) in [6.07, 6.45) is 0. The summed E-state index contributed by atoms with van der Waals surface area (Å²) in [5, 5.41) is 6.08. The summed E-state index contributed by atoms with van der Waals surface area (Å²) in [5.74, 6) is 1.01. The van der Waals surface area contributed by atoms with Gasteiger partial charge in [-0.05, 0) is 50.2 Å². The second-order valence-corrected chi connectivity index (χ2v) is 8.45. The summed E-state index contributed by atoms with van der Waals surface area (Å²) in [4.78, 5) is 20.4. The maximum atomic E-state index is 12.6. The zero-order valence-electron chi connectivity index (χ0n) is 18.0. The summed E-state index contributed by atoms with van der Waals surface area (Å²) in [6.45, 7) is 5.62. The molecule has 0 aliphatic heterocycles. The van der Waals surface area contributed by atoms with Crippen molar-refractivity contribution in [3.8, 4) is 5.75 Å². The Kier molecular flexibility index (Phi) is 5.49. The lowest BCUT2D eigenvalue weighted by atomic mass is 10.1. The van der Waals surface area contributed by atoms with Crippen LogP contribution in [0.3, 0.4) is 0 Å². The highest BCUT2D eigenvalue weighted by Crippen LogP contribution is 2.31. The van der Waals surface area contributed by atoms with Gasteiger partial charge in [0.1, 0.15) is 5.75 Å². The number of H-pyrrole nitrogens is 1. The van der Waals surface area contributed by atoms with E-state index in [1.165, 1.54) is 28.2 Å². The summed E-state index contributed by atoms with van der Waals surface area (Å²) in [6, 6.07) is 20.2. The number of amides is 1. The Morgan fingerprint density at radius 3 is 2.75 bits per heavy atom. The maximum Gasteiger partial charge on any atom is 0.234 e. The Labute approximate surface area is 190 Å². The third-order valence-electron chi connectivity index (χ3n) is 5.45. The van der Waals surface area contributed by atoms with Gasteiger partial charge in [0.05, 0.1) is 23.4 Å². The van der Waals surface area contributed by atoms with Gasteiger partial charge in [0.2, 0.25) is 5.91 Å². The number of nitrogens with one attached hydrogen (secondary N) is 2. The lowest BCUT2D eigenvalue weighted by Crippen LogP contribution is -2.14. The first-order valence-corrected chi connectivity index (χ1v) is 11.7. The van der Waals surface area contributed by atoms with Crippen LogP contribution in [0.1, 0.15) is 13.8 Å². The van der Waals surface area contributed by atoms with Crippen molar-refractivity contribution in [2.24, 2.45) is 0 Å². The van der Waals surface area contributed by atoms with E-state index < -0.39 is 0 Å². The lowest BCUT2D eigenvalue weighted by Gasteiger charge is -2.06. The van der Waals surface area contributed by atoms with E-state index in [0.29, 0.717) is 11.8 Å². The van der Waals surface area contributed by atoms with Gasteiger partial charge in [0, 0.05) is 40.1 Å². The number of carbonyl (C=O) groups excluding carboxylic acids is 1. The van der Waals surface area contributed by atoms with Crippen molar-refractivity contribution in [1.82, 2.24) is 14.5 Å². The number of aromatic amines is 1. The van der Waals surface area contributed by atoms with Crippen LogP contribution in [0.2, 0.25) is 0 Å². The number of ether oxygens (including phenoxy) is 1. The third-order valence-corrected chi connectivity index (χ3v) is 6.33. The summed E-state index contributed by atoms with van der Waals surface area (Å²) < 4.78 is 7.83. The smallest absolute Gasteiger partial charge is 0.234 e. The molecule has 0 spiro atoms. The molecule has 3 aromatic carbocycles. The van der Waals surface area contributed by atoms with Gasteiger partial charge < -0.3 is 19.6 Å². The number of aromatic nitrogens is 3. The molecule has 7 heteroatoms. The van der Waals surface area contributed by atoms with Gasteiger partial charge in [0.25, 0.3) is 0 Å². The molecule has 0 saturated carbocycles. The van der Waals surface area contributed by atoms with Crippen molar-refractivity contribution in [3.63, 3.8) is 0 Å². The number of para-hydroxylation sites is 1. The normalized spacial score (nSPS) is 11.4. The Morgan fingerprint density at radius 1 is 1.06 bits per heavy atom. The monoisotopic (exact) mass is 444 g/mol. The maximum absolute atomic E-state index is 12.6. The second-order valence-electron chi connectivity index (χ2n) is 7.48. The first-order valence-electron chi connectivity index (χ1n) is 10.7. The minimum Gasteiger partial charge on any atom is -0.494 e. The molecule has 0 fully saturated rings. The molecule has 2 aromatic heterocycles. The number of rotatable bonds is 7. The molecule has 0 unspecified atom stereocenters. The molecule has 5 aromatic rings. The van der Waals surface area contributed by atoms with Crippen molar-refractivity contribution in [2.45, 2.75) is 25.5 Å². The average Bonchev–Trinajstić information content (AvgIpc) is 3.35. The van der Waals surface area contributed by atoms with Crippen molar-refractivity contribution in [1.29, 1.82) is 0 Å². The fraction of sp³-hybridized carbons (Fsp3) is 0.200. The standard InChI is InChI=1S/C25H24N4O2S/c1-3-29-22-8-6-5-7-18(22)19-13-16(9-12-23(19)29)26-24(30)15-32-25-27-20-11-10-17(31-4-2)14-21(20)28-25/h5-14H,3-4,15H2,1-2H3,(H,26,30)(H,27,28). The summed E-state index contributed by atoms with van der Waals surface area (Å²) >= 11 is 1.38. The van der Waals surface area contributed by atoms with Crippen LogP contribution in [-0.2, 0) is 11.3 Å². The quantitative estimate of drug-likeness (QED) is 0.310. The predicted octanol–water partition coefficient (Wildman–Crippen LogP) is 5.82. The zero-order chi connectivity index (χ0) is 22.1. The largest absolute Gasteiger partial charge is 0.494 e. The second kappa shape index (κ2) is 8.59. The lowest BCUT2D eigenvalue weighted by molar-refractivity contribution is -0.113. The molecular weight excluding hydrogens is 420 g/mol. The van der Waals surface area contributed by atoms with Crippen LogP contribution >= 0.6 is 11.8 Å². The fourth-order valence-electron chi connectivity index (χ4n) is 4.09.